The van der Waals surface area contributed by atoms with E-state index >= 15 is 0 Å². The van der Waals surface area contributed by atoms with E-state index in [9.17, 15) is 4.79 Å². The fourth-order valence-corrected chi connectivity index (χ4v) is 1.82. The molecule has 1 aromatic carbocycles. The van der Waals surface area contributed by atoms with Crippen LogP contribution in [0.3, 0.4) is 0 Å². The van der Waals surface area contributed by atoms with Crippen molar-refractivity contribution in [1.82, 2.24) is 10.6 Å². The Bertz CT molecular complexity index is 358. The summed E-state index contributed by atoms with van der Waals surface area (Å²) in [5.41, 5.74) is 1.18. The van der Waals surface area contributed by atoms with E-state index in [0.29, 0.717) is 19.7 Å². The van der Waals surface area contributed by atoms with Crippen LogP contribution in [0.4, 0.5) is 4.79 Å². The van der Waals surface area contributed by atoms with Gasteiger partial charge in [0.25, 0.3) is 0 Å². The van der Waals surface area contributed by atoms with E-state index < -0.39 is 0 Å². The van der Waals surface area contributed by atoms with Crippen molar-refractivity contribution in [3.8, 4) is 0 Å². The molecule has 0 aromatic heterocycles. The molecule has 0 aliphatic rings. The van der Waals surface area contributed by atoms with Crippen LogP contribution in [0.25, 0.3) is 0 Å². The van der Waals surface area contributed by atoms with Gasteiger partial charge in [0.1, 0.15) is 0 Å². The molecule has 0 spiro atoms. The Morgan fingerprint density at radius 2 is 2.00 bits per heavy atom. The third kappa shape index (κ3) is 5.70. The highest BCUT2D eigenvalue weighted by atomic mass is 79.9. The topological polar surface area (TPSA) is 50.4 Å². The zero-order chi connectivity index (χ0) is 12.5. The fourth-order valence-electron chi connectivity index (χ4n) is 1.34. The van der Waals surface area contributed by atoms with Crippen LogP contribution < -0.4 is 10.6 Å². The minimum absolute atomic E-state index is 0.158. The van der Waals surface area contributed by atoms with E-state index in [0.717, 1.165) is 10.9 Å². The number of hydrogen-bond acceptors (Lipinski definition) is 2. The lowest BCUT2D eigenvalue weighted by Gasteiger charge is -2.08. The van der Waals surface area contributed by atoms with Crippen molar-refractivity contribution in [2.45, 2.75) is 6.42 Å². The van der Waals surface area contributed by atoms with Gasteiger partial charge >= 0.3 is 6.03 Å². The summed E-state index contributed by atoms with van der Waals surface area (Å²) in [5.74, 6) is 0. The van der Waals surface area contributed by atoms with Gasteiger partial charge in [0.05, 0.1) is 6.61 Å². The number of rotatable bonds is 6. The van der Waals surface area contributed by atoms with Gasteiger partial charge in [0.15, 0.2) is 0 Å². The molecule has 94 valence electrons. The van der Waals surface area contributed by atoms with Gasteiger partial charge in [-0.2, -0.15) is 0 Å². The van der Waals surface area contributed by atoms with Crippen molar-refractivity contribution in [2.24, 2.45) is 0 Å². The Morgan fingerprint density at radius 3 is 2.71 bits per heavy atom. The number of nitrogens with one attached hydrogen (secondary N) is 2. The highest BCUT2D eigenvalue weighted by molar-refractivity contribution is 9.10. The molecular weight excluding hydrogens is 284 g/mol. The number of benzene rings is 1. The molecule has 1 rings (SSSR count). The van der Waals surface area contributed by atoms with Gasteiger partial charge in [-0.25, -0.2) is 4.79 Å². The molecule has 4 nitrogen and oxygen atoms in total. The van der Waals surface area contributed by atoms with Gasteiger partial charge in [-0.1, -0.05) is 34.1 Å². The molecule has 0 heterocycles. The fraction of sp³-hybridized carbons (Fsp3) is 0.417. The second kappa shape index (κ2) is 8.08. The van der Waals surface area contributed by atoms with E-state index in [-0.39, 0.29) is 6.03 Å². The summed E-state index contributed by atoms with van der Waals surface area (Å²) >= 11 is 3.47. The molecule has 0 aliphatic carbocycles. The minimum atomic E-state index is -0.158. The van der Waals surface area contributed by atoms with Crippen LogP contribution in [0, 0.1) is 0 Å². The van der Waals surface area contributed by atoms with E-state index in [4.69, 9.17) is 4.74 Å². The normalized spacial score (nSPS) is 10.0. The van der Waals surface area contributed by atoms with E-state index in [1.165, 1.54) is 5.56 Å². The molecule has 0 fully saturated rings. The Hall–Kier alpha value is -1.07. The maximum absolute atomic E-state index is 11.3. The van der Waals surface area contributed by atoms with Crippen molar-refractivity contribution in [2.75, 3.05) is 26.8 Å². The number of carbonyl (C=O) groups excluding carboxylic acids is 1. The molecule has 0 atom stereocenters. The number of carbonyl (C=O) groups is 1. The van der Waals surface area contributed by atoms with Gasteiger partial charge in [-0.05, 0) is 18.1 Å². The maximum Gasteiger partial charge on any atom is 0.314 e. The summed E-state index contributed by atoms with van der Waals surface area (Å²) in [6, 6.07) is 7.83. The Balaban J connectivity index is 2.19. The van der Waals surface area contributed by atoms with E-state index in [1.807, 2.05) is 24.3 Å². The molecule has 0 bridgehead atoms. The predicted molar refractivity (Wildman–Crippen MR) is 71.1 cm³/mol. The molecule has 0 aliphatic heterocycles. The number of hydrogen-bond donors (Lipinski definition) is 2. The molecule has 5 heteroatoms. The van der Waals surface area contributed by atoms with Gasteiger partial charge in [-0.15, -0.1) is 0 Å². The summed E-state index contributed by atoms with van der Waals surface area (Å²) in [6.45, 7) is 1.66. The van der Waals surface area contributed by atoms with Gasteiger partial charge in [0, 0.05) is 24.7 Å². The number of halogens is 1. The molecule has 1 aromatic rings. The van der Waals surface area contributed by atoms with Crippen LogP contribution in [-0.2, 0) is 11.2 Å². The van der Waals surface area contributed by atoms with Gasteiger partial charge in [-0.3, -0.25) is 0 Å². The summed E-state index contributed by atoms with van der Waals surface area (Å²) in [6.07, 6.45) is 0.805. The summed E-state index contributed by atoms with van der Waals surface area (Å²) < 4.78 is 5.90. The zero-order valence-corrected chi connectivity index (χ0v) is 11.4. The number of amides is 2. The third-order valence-corrected chi connectivity index (χ3v) is 3.00. The highest BCUT2D eigenvalue weighted by Crippen LogP contribution is 2.15. The van der Waals surface area contributed by atoms with E-state index in [2.05, 4.69) is 26.6 Å². The van der Waals surface area contributed by atoms with Crippen molar-refractivity contribution >= 4 is 22.0 Å². The Labute approximate surface area is 110 Å². The van der Waals surface area contributed by atoms with Crippen LogP contribution in [0.1, 0.15) is 5.56 Å². The average molecular weight is 301 g/mol. The highest BCUT2D eigenvalue weighted by Gasteiger charge is 2.01. The zero-order valence-electron chi connectivity index (χ0n) is 9.83. The van der Waals surface area contributed by atoms with Crippen LogP contribution in [0.5, 0.6) is 0 Å². The first-order valence-corrected chi connectivity index (χ1v) is 6.27. The second-order valence-electron chi connectivity index (χ2n) is 3.52. The molecule has 2 amide bonds. The summed E-state index contributed by atoms with van der Waals surface area (Å²) in [5, 5.41) is 5.49. The van der Waals surface area contributed by atoms with Crippen LogP contribution in [-0.4, -0.2) is 32.8 Å². The summed E-state index contributed by atoms with van der Waals surface area (Å²) in [7, 11) is 1.60. The van der Waals surface area contributed by atoms with Crippen LogP contribution in [0.2, 0.25) is 0 Å². The number of urea groups is 1. The largest absolute Gasteiger partial charge is 0.383 e. The minimum Gasteiger partial charge on any atom is -0.383 e. The standard InChI is InChI=1S/C12H17BrN2O2/c1-17-9-8-15-12(16)14-7-6-10-4-2-3-5-11(10)13/h2-5H,6-9H2,1H3,(H2,14,15,16). The molecular formula is C12H17BrN2O2. The molecule has 0 saturated heterocycles. The second-order valence-corrected chi connectivity index (χ2v) is 4.37. The monoisotopic (exact) mass is 300 g/mol. The van der Waals surface area contributed by atoms with Crippen molar-refractivity contribution in [3.63, 3.8) is 0 Å². The number of methoxy groups -OCH3 is 1. The lowest BCUT2D eigenvalue weighted by Crippen LogP contribution is -2.38. The lowest BCUT2D eigenvalue weighted by molar-refractivity contribution is 0.196. The molecule has 0 saturated carbocycles. The van der Waals surface area contributed by atoms with Crippen LogP contribution >= 0.6 is 15.9 Å². The van der Waals surface area contributed by atoms with Crippen molar-refractivity contribution < 1.29 is 9.53 Å². The van der Waals surface area contributed by atoms with E-state index in [1.54, 1.807) is 7.11 Å². The third-order valence-electron chi connectivity index (χ3n) is 2.23. The lowest BCUT2D eigenvalue weighted by atomic mass is 10.1. The first-order valence-electron chi connectivity index (χ1n) is 5.48. The van der Waals surface area contributed by atoms with Gasteiger partial charge < -0.3 is 15.4 Å². The first-order chi connectivity index (χ1) is 8.24. The Kier molecular flexibility index (Phi) is 6.65. The first kappa shape index (κ1) is 14.0. The van der Waals surface area contributed by atoms with Crippen molar-refractivity contribution in [3.05, 3.63) is 34.3 Å². The molecule has 0 radical (unpaired) electrons. The average Bonchev–Trinajstić information content (AvgIpc) is 2.32. The number of ether oxygens (including phenoxy) is 1. The quantitative estimate of drug-likeness (QED) is 0.789. The Morgan fingerprint density at radius 1 is 1.29 bits per heavy atom. The summed E-state index contributed by atoms with van der Waals surface area (Å²) in [4.78, 5) is 11.3. The van der Waals surface area contributed by atoms with Gasteiger partial charge in [0.2, 0.25) is 0 Å². The van der Waals surface area contributed by atoms with Crippen molar-refractivity contribution in [1.29, 1.82) is 0 Å². The SMILES string of the molecule is COCCNC(=O)NCCc1ccccc1Br. The van der Waals surface area contributed by atoms with Crippen LogP contribution in [0.15, 0.2) is 28.7 Å². The smallest absolute Gasteiger partial charge is 0.314 e. The molecule has 17 heavy (non-hydrogen) atoms. The molecule has 0 unspecified atom stereocenters. The predicted octanol–water partition coefficient (Wildman–Crippen LogP) is 1.94. The maximum atomic E-state index is 11.3. The molecule has 2 N–H and O–H groups in total.